The molecule has 0 spiro atoms. The Morgan fingerprint density at radius 3 is 2.94 bits per heavy atom. The largest absolute Gasteiger partial charge is 0.339 e. The van der Waals surface area contributed by atoms with E-state index in [0.717, 1.165) is 5.56 Å². The van der Waals surface area contributed by atoms with Gasteiger partial charge in [0.2, 0.25) is 0 Å². The lowest BCUT2D eigenvalue weighted by atomic mass is 10.4. The van der Waals surface area contributed by atoms with Crippen molar-refractivity contribution in [1.82, 2.24) is 14.3 Å². The number of aromatic nitrogens is 2. The summed E-state index contributed by atoms with van der Waals surface area (Å²) in [6.45, 7) is 0.294. The number of sulfonamides is 1. The Bertz CT molecular complexity index is 557. The van der Waals surface area contributed by atoms with Gasteiger partial charge >= 0.3 is 0 Å². The quantitative estimate of drug-likeness (QED) is 0.887. The van der Waals surface area contributed by atoms with Crippen LogP contribution in [0.25, 0.3) is 0 Å². The van der Waals surface area contributed by atoms with E-state index in [1.54, 1.807) is 11.6 Å². The zero-order valence-electron chi connectivity index (χ0n) is 8.62. The molecule has 2 aromatic heterocycles. The summed E-state index contributed by atoms with van der Waals surface area (Å²) in [5.74, 6) is 0. The molecule has 86 valence electrons. The van der Waals surface area contributed by atoms with E-state index in [1.165, 1.54) is 23.9 Å². The van der Waals surface area contributed by atoms with E-state index in [9.17, 15) is 8.42 Å². The fourth-order valence-electron chi connectivity index (χ4n) is 1.17. The van der Waals surface area contributed by atoms with Gasteiger partial charge in [0.15, 0.2) is 5.03 Å². The highest BCUT2D eigenvalue weighted by Gasteiger charge is 2.16. The van der Waals surface area contributed by atoms with Crippen molar-refractivity contribution in [3.8, 4) is 0 Å². The van der Waals surface area contributed by atoms with Crippen molar-refractivity contribution in [1.29, 1.82) is 0 Å². The van der Waals surface area contributed by atoms with Crippen molar-refractivity contribution in [3.05, 3.63) is 34.9 Å². The summed E-state index contributed by atoms with van der Waals surface area (Å²) in [4.78, 5) is 3.80. The van der Waals surface area contributed by atoms with Crippen molar-refractivity contribution >= 4 is 21.4 Å². The maximum Gasteiger partial charge on any atom is 0.259 e. The first-order valence-electron chi connectivity index (χ1n) is 4.56. The van der Waals surface area contributed by atoms with E-state index in [1.807, 2.05) is 16.8 Å². The van der Waals surface area contributed by atoms with Crippen LogP contribution in [0.1, 0.15) is 5.56 Å². The van der Waals surface area contributed by atoms with Gasteiger partial charge < -0.3 is 4.57 Å². The van der Waals surface area contributed by atoms with Crippen LogP contribution < -0.4 is 4.72 Å². The molecule has 2 aromatic rings. The highest BCUT2D eigenvalue weighted by atomic mass is 32.2. The van der Waals surface area contributed by atoms with Gasteiger partial charge in [-0.1, -0.05) is 0 Å². The van der Waals surface area contributed by atoms with Crippen molar-refractivity contribution in [2.45, 2.75) is 11.6 Å². The molecule has 0 aliphatic carbocycles. The summed E-state index contributed by atoms with van der Waals surface area (Å²) in [7, 11) is -1.77. The molecule has 16 heavy (non-hydrogen) atoms. The molecule has 0 aromatic carbocycles. The molecular formula is C9H11N3O2S2. The van der Waals surface area contributed by atoms with Crippen LogP contribution in [0.5, 0.6) is 0 Å². The van der Waals surface area contributed by atoms with E-state index < -0.39 is 10.0 Å². The fourth-order valence-corrected chi connectivity index (χ4v) is 2.84. The number of thiophene rings is 1. The summed E-state index contributed by atoms with van der Waals surface area (Å²) in [6, 6.07) is 1.88. The van der Waals surface area contributed by atoms with Crippen molar-refractivity contribution < 1.29 is 8.42 Å². The summed E-state index contributed by atoms with van der Waals surface area (Å²) in [6.07, 6.45) is 2.93. The topological polar surface area (TPSA) is 64.0 Å². The van der Waals surface area contributed by atoms with E-state index in [2.05, 4.69) is 9.71 Å². The third-order valence-corrected chi connectivity index (χ3v) is 4.02. The minimum Gasteiger partial charge on any atom is -0.339 e. The van der Waals surface area contributed by atoms with Gasteiger partial charge in [0.05, 0.1) is 6.33 Å². The summed E-state index contributed by atoms with van der Waals surface area (Å²) >= 11 is 1.54. The van der Waals surface area contributed by atoms with Gasteiger partial charge in [0.1, 0.15) is 0 Å². The molecule has 5 nitrogen and oxygen atoms in total. The lowest BCUT2D eigenvalue weighted by molar-refractivity contribution is 0.578. The molecule has 2 rings (SSSR count). The van der Waals surface area contributed by atoms with Gasteiger partial charge in [-0.2, -0.15) is 11.3 Å². The number of rotatable bonds is 4. The van der Waals surface area contributed by atoms with Gasteiger partial charge in [-0.3, -0.25) is 0 Å². The number of imidazole rings is 1. The Morgan fingerprint density at radius 1 is 1.56 bits per heavy atom. The minimum atomic E-state index is -3.49. The van der Waals surface area contributed by atoms with Crippen LogP contribution in [-0.2, 0) is 23.6 Å². The molecule has 0 radical (unpaired) electrons. The van der Waals surface area contributed by atoms with Crippen molar-refractivity contribution in [3.63, 3.8) is 0 Å². The van der Waals surface area contributed by atoms with E-state index in [0.29, 0.717) is 6.54 Å². The SMILES string of the molecule is Cn1cnc(S(=O)(=O)NCc2ccsc2)c1. The highest BCUT2D eigenvalue weighted by molar-refractivity contribution is 7.89. The van der Waals surface area contributed by atoms with E-state index >= 15 is 0 Å². The molecule has 0 bridgehead atoms. The van der Waals surface area contributed by atoms with Gasteiger partial charge in [-0.15, -0.1) is 0 Å². The molecule has 0 atom stereocenters. The minimum absolute atomic E-state index is 0.0465. The first-order valence-corrected chi connectivity index (χ1v) is 6.99. The highest BCUT2D eigenvalue weighted by Crippen LogP contribution is 2.08. The summed E-state index contributed by atoms with van der Waals surface area (Å²) in [5, 5.41) is 3.86. The lowest BCUT2D eigenvalue weighted by Crippen LogP contribution is -2.23. The molecule has 2 heterocycles. The Hall–Kier alpha value is -1.18. The zero-order valence-corrected chi connectivity index (χ0v) is 10.3. The molecule has 1 N–H and O–H groups in total. The monoisotopic (exact) mass is 257 g/mol. The molecule has 7 heteroatoms. The normalized spacial score (nSPS) is 11.8. The number of hydrogen-bond acceptors (Lipinski definition) is 4. The predicted molar refractivity (Wildman–Crippen MR) is 61.6 cm³/mol. The maximum absolute atomic E-state index is 11.8. The molecule has 0 fully saturated rings. The number of aryl methyl sites for hydroxylation is 1. The molecule has 0 amide bonds. The Balaban J connectivity index is 2.09. The van der Waals surface area contributed by atoms with Crippen LogP contribution in [0.4, 0.5) is 0 Å². The predicted octanol–water partition coefficient (Wildman–Crippen LogP) is 0.960. The molecule has 0 saturated carbocycles. The molecule has 0 aliphatic rings. The van der Waals surface area contributed by atoms with Gasteiger partial charge in [0.25, 0.3) is 10.0 Å². The fraction of sp³-hybridized carbons (Fsp3) is 0.222. The van der Waals surface area contributed by atoms with Gasteiger partial charge in [0, 0.05) is 19.8 Å². The Kier molecular flexibility index (Phi) is 3.08. The first-order chi connectivity index (χ1) is 7.58. The molecule has 0 saturated heterocycles. The van der Waals surface area contributed by atoms with Crippen molar-refractivity contribution in [2.75, 3.05) is 0 Å². The van der Waals surface area contributed by atoms with Gasteiger partial charge in [-0.25, -0.2) is 18.1 Å². The van der Waals surface area contributed by atoms with Gasteiger partial charge in [-0.05, 0) is 22.4 Å². The van der Waals surface area contributed by atoms with Crippen LogP contribution in [0.15, 0.2) is 34.4 Å². The van der Waals surface area contributed by atoms with Crippen LogP contribution in [0.2, 0.25) is 0 Å². The number of nitrogens with zero attached hydrogens (tertiary/aromatic N) is 2. The Morgan fingerprint density at radius 2 is 2.38 bits per heavy atom. The first kappa shape index (κ1) is 11.3. The second kappa shape index (κ2) is 4.36. The number of nitrogens with one attached hydrogen (secondary N) is 1. The third-order valence-electron chi connectivity index (χ3n) is 2.00. The zero-order chi connectivity index (χ0) is 11.6. The lowest BCUT2D eigenvalue weighted by Gasteiger charge is -2.01. The summed E-state index contributed by atoms with van der Waals surface area (Å²) < 4.78 is 27.6. The molecule has 0 unspecified atom stereocenters. The second-order valence-corrected chi connectivity index (χ2v) is 5.83. The van der Waals surface area contributed by atoms with Crippen LogP contribution in [-0.4, -0.2) is 18.0 Å². The smallest absolute Gasteiger partial charge is 0.259 e. The average molecular weight is 257 g/mol. The molecule has 0 aliphatic heterocycles. The standard InChI is InChI=1S/C9H11N3O2S2/c1-12-5-9(10-7-12)16(13,14)11-4-8-2-3-15-6-8/h2-3,5-7,11H,4H2,1H3. The Labute approximate surface area is 97.8 Å². The average Bonchev–Trinajstić information content (AvgIpc) is 2.85. The van der Waals surface area contributed by atoms with Crippen molar-refractivity contribution in [2.24, 2.45) is 7.05 Å². The summed E-state index contributed by atoms with van der Waals surface area (Å²) in [5.41, 5.74) is 0.949. The van der Waals surface area contributed by atoms with E-state index in [4.69, 9.17) is 0 Å². The second-order valence-electron chi connectivity index (χ2n) is 3.33. The van der Waals surface area contributed by atoms with E-state index in [-0.39, 0.29) is 5.03 Å². The number of hydrogen-bond donors (Lipinski definition) is 1. The van der Waals surface area contributed by atoms with Crippen LogP contribution in [0, 0.1) is 0 Å². The third kappa shape index (κ3) is 2.49. The maximum atomic E-state index is 11.8. The van der Waals surface area contributed by atoms with Crippen LogP contribution >= 0.6 is 11.3 Å². The molecular weight excluding hydrogens is 246 g/mol. The van der Waals surface area contributed by atoms with Crippen LogP contribution in [0.3, 0.4) is 0 Å².